The lowest BCUT2D eigenvalue weighted by Gasteiger charge is -2.49. The Morgan fingerprint density at radius 3 is 2.22 bits per heavy atom. The SMILES string of the molecule is C#CCCN(C)[C@H]1C[C@@H](C)O[C@@H](O[C@@H]2[C@@H](C)[C@H](O[C@H]3C[C@@](C)(OC)[C@@H](O)[C@H](C)O3)[C@@H](C)C(=O)O[C@H](CC)[C@@](C)(O)[C@H](O)[C@@H](C)N(C)C[C@H](C)C[C@@]2(C)O)[C@@H]1O. The zero-order chi connectivity index (χ0) is 41.8. The first-order valence-corrected chi connectivity index (χ1v) is 20.2. The molecule has 18 atom stereocenters. The third kappa shape index (κ3) is 11.2. The van der Waals surface area contributed by atoms with Crippen LogP contribution in [-0.2, 0) is 33.2 Å². The molecule has 3 heterocycles. The van der Waals surface area contributed by atoms with Gasteiger partial charge in [-0.25, -0.2) is 0 Å². The van der Waals surface area contributed by atoms with Crippen LogP contribution in [0.2, 0.25) is 0 Å². The van der Waals surface area contributed by atoms with E-state index in [0.29, 0.717) is 25.9 Å². The Bertz CT molecular complexity index is 1260. The Balaban J connectivity index is 2.17. The van der Waals surface area contributed by atoms with E-state index in [2.05, 4.69) is 5.92 Å². The Morgan fingerprint density at radius 2 is 1.64 bits per heavy atom. The molecule has 0 bridgehead atoms. The highest BCUT2D eigenvalue weighted by atomic mass is 16.7. The quantitative estimate of drug-likeness (QED) is 0.170. The monoisotopic (exact) mass is 787 g/mol. The molecule has 0 radical (unpaired) electrons. The van der Waals surface area contributed by atoms with E-state index < -0.39 is 96.0 Å². The molecule has 55 heavy (non-hydrogen) atoms. The van der Waals surface area contributed by atoms with Crippen molar-refractivity contribution in [3.63, 3.8) is 0 Å². The van der Waals surface area contributed by atoms with Gasteiger partial charge in [-0.2, -0.15) is 0 Å². The minimum absolute atomic E-state index is 0.120. The molecule has 14 heteroatoms. The molecular weight excluding hydrogens is 712 g/mol. The molecule has 0 saturated carbocycles. The number of hydrogen-bond donors (Lipinski definition) is 5. The molecule has 0 unspecified atom stereocenters. The Hall–Kier alpha value is -1.45. The summed E-state index contributed by atoms with van der Waals surface area (Å²) in [5.41, 5.74) is -4.43. The number of carbonyl (C=O) groups excluding carboxylic acids is 1. The second kappa shape index (κ2) is 19.5. The van der Waals surface area contributed by atoms with Gasteiger partial charge in [-0.15, -0.1) is 12.3 Å². The van der Waals surface area contributed by atoms with Crippen molar-refractivity contribution in [2.45, 2.75) is 192 Å². The maximum absolute atomic E-state index is 14.3. The number of hydrogen-bond acceptors (Lipinski definition) is 14. The van der Waals surface area contributed by atoms with E-state index >= 15 is 0 Å². The van der Waals surface area contributed by atoms with Gasteiger partial charge in [0.15, 0.2) is 12.6 Å². The molecule has 0 aromatic heterocycles. The van der Waals surface area contributed by atoms with E-state index in [-0.39, 0.29) is 37.3 Å². The van der Waals surface area contributed by atoms with Crippen LogP contribution in [0.4, 0.5) is 0 Å². The zero-order valence-electron chi connectivity index (χ0n) is 35.7. The summed E-state index contributed by atoms with van der Waals surface area (Å²) in [6.07, 6.45) is -2.52. The van der Waals surface area contributed by atoms with Gasteiger partial charge in [-0.1, -0.05) is 20.8 Å². The second-order valence-electron chi connectivity index (χ2n) is 17.6. The van der Waals surface area contributed by atoms with Gasteiger partial charge in [-0.05, 0) is 87.7 Å². The highest BCUT2D eigenvalue weighted by Crippen LogP contribution is 2.40. The minimum Gasteiger partial charge on any atom is -0.459 e. The van der Waals surface area contributed by atoms with E-state index in [4.69, 9.17) is 34.8 Å². The van der Waals surface area contributed by atoms with Crippen LogP contribution < -0.4 is 0 Å². The largest absolute Gasteiger partial charge is 0.459 e. The normalized spacial score (nSPS) is 47.4. The molecule has 14 nitrogen and oxygen atoms in total. The lowest BCUT2D eigenvalue weighted by molar-refractivity contribution is -0.318. The molecule has 0 aromatic rings. The smallest absolute Gasteiger partial charge is 0.311 e. The zero-order valence-corrected chi connectivity index (χ0v) is 35.7. The third-order valence-electron chi connectivity index (χ3n) is 12.7. The summed E-state index contributed by atoms with van der Waals surface area (Å²) in [5.74, 6) is -0.0120. The van der Waals surface area contributed by atoms with Crippen LogP contribution in [0.15, 0.2) is 0 Å². The highest BCUT2D eigenvalue weighted by molar-refractivity contribution is 5.73. The number of methoxy groups -OCH3 is 1. The van der Waals surface area contributed by atoms with Gasteiger partial charge in [0, 0.05) is 51.0 Å². The first kappa shape index (κ1) is 47.9. The molecule has 0 aliphatic carbocycles. The molecule has 0 amide bonds. The van der Waals surface area contributed by atoms with Crippen LogP contribution in [0.1, 0.15) is 101 Å². The van der Waals surface area contributed by atoms with Crippen molar-refractivity contribution in [2.24, 2.45) is 17.8 Å². The van der Waals surface area contributed by atoms with Crippen molar-refractivity contribution in [3.05, 3.63) is 0 Å². The molecule has 0 aromatic carbocycles. The van der Waals surface area contributed by atoms with Gasteiger partial charge >= 0.3 is 5.97 Å². The maximum Gasteiger partial charge on any atom is 0.311 e. The van der Waals surface area contributed by atoms with Crippen molar-refractivity contribution in [1.29, 1.82) is 0 Å². The molecule has 3 aliphatic rings. The number of ether oxygens (including phenoxy) is 6. The predicted molar refractivity (Wildman–Crippen MR) is 207 cm³/mol. The molecule has 320 valence electrons. The van der Waals surface area contributed by atoms with Gasteiger partial charge in [0.05, 0.1) is 41.5 Å². The highest BCUT2D eigenvalue weighted by Gasteiger charge is 2.52. The fraction of sp³-hybridized carbons (Fsp3) is 0.927. The van der Waals surface area contributed by atoms with Crippen molar-refractivity contribution < 1.29 is 58.7 Å². The Labute approximate surface area is 330 Å². The summed E-state index contributed by atoms with van der Waals surface area (Å²) in [6, 6.07) is -0.897. The lowest BCUT2D eigenvalue weighted by atomic mass is 9.77. The predicted octanol–water partition coefficient (Wildman–Crippen LogP) is 2.29. The van der Waals surface area contributed by atoms with Gasteiger partial charge in [0.1, 0.15) is 30.0 Å². The fourth-order valence-electron chi connectivity index (χ4n) is 9.07. The topological polar surface area (TPSA) is 180 Å². The summed E-state index contributed by atoms with van der Waals surface area (Å²) >= 11 is 0. The minimum atomic E-state index is -1.81. The van der Waals surface area contributed by atoms with E-state index in [0.717, 1.165) is 0 Å². The number of esters is 1. The molecular formula is C41H74N2O12. The van der Waals surface area contributed by atoms with Crippen molar-refractivity contribution in [2.75, 3.05) is 34.3 Å². The van der Waals surface area contributed by atoms with E-state index in [1.807, 2.05) is 44.7 Å². The number of nitrogens with zero attached hydrogens (tertiary/aromatic N) is 2. The summed E-state index contributed by atoms with van der Waals surface area (Å²) in [7, 11) is 5.24. The van der Waals surface area contributed by atoms with Gasteiger partial charge in [0.25, 0.3) is 0 Å². The first-order valence-electron chi connectivity index (χ1n) is 20.2. The summed E-state index contributed by atoms with van der Waals surface area (Å²) in [6.45, 7) is 18.5. The molecule has 5 N–H and O–H groups in total. The number of likely N-dealkylation sites (N-methyl/N-ethyl adjacent to an activating group) is 2. The number of terminal acetylenes is 1. The van der Waals surface area contributed by atoms with Crippen molar-refractivity contribution in [3.8, 4) is 12.3 Å². The molecule has 3 fully saturated rings. The summed E-state index contributed by atoms with van der Waals surface area (Å²) in [4.78, 5) is 18.2. The van der Waals surface area contributed by atoms with Crippen LogP contribution >= 0.6 is 0 Å². The average molecular weight is 787 g/mol. The fourth-order valence-corrected chi connectivity index (χ4v) is 9.07. The van der Waals surface area contributed by atoms with Crippen LogP contribution in [-0.4, -0.2) is 166 Å². The van der Waals surface area contributed by atoms with E-state index in [1.165, 1.54) is 14.0 Å². The number of aliphatic hydroxyl groups excluding tert-OH is 3. The molecule has 0 spiro atoms. The summed E-state index contributed by atoms with van der Waals surface area (Å²) < 4.78 is 37.7. The van der Waals surface area contributed by atoms with E-state index in [9.17, 15) is 30.3 Å². The van der Waals surface area contributed by atoms with Gasteiger partial charge in [-0.3, -0.25) is 9.69 Å². The first-order chi connectivity index (χ1) is 25.4. The summed E-state index contributed by atoms with van der Waals surface area (Å²) in [5, 5.41) is 58.6. The maximum atomic E-state index is 14.3. The number of carbonyl (C=O) groups is 1. The van der Waals surface area contributed by atoms with Crippen LogP contribution in [0.25, 0.3) is 0 Å². The molecule has 3 rings (SSSR count). The number of aliphatic hydroxyl groups is 5. The number of rotatable bonds is 9. The Morgan fingerprint density at radius 1 is 1.00 bits per heavy atom. The molecule has 3 aliphatic heterocycles. The van der Waals surface area contributed by atoms with Crippen LogP contribution in [0, 0.1) is 30.1 Å². The van der Waals surface area contributed by atoms with Gasteiger partial charge < -0.3 is 58.9 Å². The van der Waals surface area contributed by atoms with Crippen LogP contribution in [0.3, 0.4) is 0 Å². The second-order valence-corrected chi connectivity index (χ2v) is 17.6. The van der Waals surface area contributed by atoms with Crippen molar-refractivity contribution >= 4 is 5.97 Å². The van der Waals surface area contributed by atoms with Crippen LogP contribution in [0.5, 0.6) is 0 Å². The van der Waals surface area contributed by atoms with E-state index in [1.54, 1.807) is 41.5 Å². The number of cyclic esters (lactones) is 1. The lowest BCUT2D eigenvalue weighted by Crippen LogP contribution is -2.60. The van der Waals surface area contributed by atoms with Gasteiger partial charge in [0.2, 0.25) is 0 Å². The third-order valence-corrected chi connectivity index (χ3v) is 12.7. The molecule has 3 saturated heterocycles. The average Bonchev–Trinajstić information content (AvgIpc) is 3.11. The van der Waals surface area contributed by atoms with Crippen molar-refractivity contribution in [1.82, 2.24) is 9.80 Å². The standard InChI is InChI=1S/C41H74N2O12/c1-15-17-18-42(12)29-19-24(4)51-38(32(29)44)55-36-25(5)33(54-31-21-40(10,50-14)35(46)28(8)52-31)26(6)37(47)53-30(16-2)41(11,49)34(45)27(7)43(13)22-23(3)20-39(36,9)48/h1,23-36,38,44-46,48-49H,16-22H2,2-14H3/t23-,24-,25+,26-,27-,28+,29+,30-,31+,32-,33+,34-,35+,36-,38+,39-,40-,41-/m1/s1. The Kier molecular flexibility index (Phi) is 17.0.